The van der Waals surface area contributed by atoms with Crippen molar-refractivity contribution < 1.29 is 9.53 Å². The van der Waals surface area contributed by atoms with Crippen LogP contribution >= 0.6 is 0 Å². The SMILES string of the molecule is C=C(C/C=C\C(=C/C)O[C@@H]1CCN(c2cnc(NC3CCC3)nc2)C1)NC(C)=O. The van der Waals surface area contributed by atoms with Gasteiger partial charge in [-0.3, -0.25) is 4.79 Å². The van der Waals surface area contributed by atoms with Gasteiger partial charge in [0.15, 0.2) is 0 Å². The van der Waals surface area contributed by atoms with Crippen molar-refractivity contribution in [2.75, 3.05) is 23.3 Å². The predicted octanol–water partition coefficient (Wildman–Crippen LogP) is 3.54. The number of aromatic nitrogens is 2. The van der Waals surface area contributed by atoms with Gasteiger partial charge in [0.2, 0.25) is 11.9 Å². The van der Waals surface area contributed by atoms with E-state index in [1.807, 2.05) is 37.5 Å². The second-order valence-electron chi connectivity index (χ2n) is 7.59. The van der Waals surface area contributed by atoms with Crippen molar-refractivity contribution in [1.29, 1.82) is 0 Å². The van der Waals surface area contributed by atoms with Gasteiger partial charge in [-0.15, -0.1) is 0 Å². The molecule has 3 rings (SSSR count). The van der Waals surface area contributed by atoms with E-state index in [-0.39, 0.29) is 12.0 Å². The summed E-state index contributed by atoms with van der Waals surface area (Å²) in [4.78, 5) is 22.2. The first-order valence-corrected chi connectivity index (χ1v) is 10.3. The maximum Gasteiger partial charge on any atom is 0.222 e. The molecule has 2 aliphatic rings. The summed E-state index contributed by atoms with van der Waals surface area (Å²) in [6.07, 6.45) is 15.0. The highest BCUT2D eigenvalue weighted by Crippen LogP contribution is 2.24. The minimum atomic E-state index is -0.104. The molecule has 0 unspecified atom stereocenters. The van der Waals surface area contributed by atoms with E-state index in [1.54, 1.807) is 0 Å². The van der Waals surface area contributed by atoms with Gasteiger partial charge >= 0.3 is 0 Å². The number of nitrogens with one attached hydrogen (secondary N) is 2. The Balaban J connectivity index is 1.45. The number of anilines is 2. The molecule has 0 radical (unpaired) electrons. The van der Waals surface area contributed by atoms with Gasteiger partial charge in [0.05, 0.1) is 24.6 Å². The summed E-state index contributed by atoms with van der Waals surface area (Å²) in [6, 6.07) is 0.535. The van der Waals surface area contributed by atoms with E-state index in [0.717, 1.165) is 31.0 Å². The molecule has 1 aromatic rings. The van der Waals surface area contributed by atoms with Crippen LogP contribution in [0.15, 0.2) is 48.7 Å². The zero-order valence-corrected chi connectivity index (χ0v) is 17.4. The monoisotopic (exact) mass is 397 g/mol. The zero-order chi connectivity index (χ0) is 20.6. The maximum absolute atomic E-state index is 11.0. The average Bonchev–Trinajstić information content (AvgIpc) is 3.12. The molecule has 0 spiro atoms. The molecule has 1 aromatic heterocycles. The summed E-state index contributed by atoms with van der Waals surface area (Å²) < 4.78 is 6.14. The Morgan fingerprint density at radius 2 is 2.10 bits per heavy atom. The quantitative estimate of drug-likeness (QED) is 0.490. The van der Waals surface area contributed by atoms with E-state index < -0.39 is 0 Å². The van der Waals surface area contributed by atoms with Gasteiger partial charge in [-0.2, -0.15) is 0 Å². The van der Waals surface area contributed by atoms with Crippen molar-refractivity contribution in [3.05, 3.63) is 48.7 Å². The first kappa shape index (κ1) is 20.9. The topological polar surface area (TPSA) is 79.4 Å². The van der Waals surface area contributed by atoms with Crippen LogP contribution in [0.25, 0.3) is 0 Å². The zero-order valence-electron chi connectivity index (χ0n) is 17.4. The molecule has 7 heteroatoms. The number of amides is 1. The summed E-state index contributed by atoms with van der Waals surface area (Å²) >= 11 is 0. The van der Waals surface area contributed by atoms with Crippen LogP contribution in [0.3, 0.4) is 0 Å². The lowest BCUT2D eigenvalue weighted by atomic mass is 9.93. The first-order valence-electron chi connectivity index (χ1n) is 10.3. The van der Waals surface area contributed by atoms with Crippen molar-refractivity contribution in [1.82, 2.24) is 15.3 Å². The minimum Gasteiger partial charge on any atom is -0.489 e. The van der Waals surface area contributed by atoms with E-state index in [1.165, 1.54) is 26.2 Å². The molecule has 0 aromatic carbocycles. The summed E-state index contributed by atoms with van der Waals surface area (Å²) in [6.45, 7) is 8.99. The Kier molecular flexibility index (Phi) is 7.27. The number of allylic oxidation sites excluding steroid dienone is 3. The third-order valence-corrected chi connectivity index (χ3v) is 5.17. The van der Waals surface area contributed by atoms with E-state index in [0.29, 0.717) is 24.1 Å². The van der Waals surface area contributed by atoms with Gasteiger partial charge in [0, 0.05) is 38.0 Å². The fourth-order valence-electron chi connectivity index (χ4n) is 3.37. The van der Waals surface area contributed by atoms with Crippen LogP contribution < -0.4 is 15.5 Å². The average molecular weight is 398 g/mol. The Hall–Kier alpha value is -2.83. The smallest absolute Gasteiger partial charge is 0.222 e. The molecule has 1 saturated heterocycles. The largest absolute Gasteiger partial charge is 0.489 e. The molecule has 29 heavy (non-hydrogen) atoms. The number of nitrogens with zero attached hydrogens (tertiary/aromatic N) is 3. The van der Waals surface area contributed by atoms with Gasteiger partial charge in [0.25, 0.3) is 0 Å². The molecular formula is C22H31N5O2. The lowest BCUT2D eigenvalue weighted by Gasteiger charge is -2.26. The Morgan fingerprint density at radius 3 is 2.72 bits per heavy atom. The van der Waals surface area contributed by atoms with E-state index in [4.69, 9.17) is 4.74 Å². The van der Waals surface area contributed by atoms with Gasteiger partial charge in [-0.1, -0.05) is 12.7 Å². The van der Waals surface area contributed by atoms with Crippen molar-refractivity contribution in [3.63, 3.8) is 0 Å². The second kappa shape index (κ2) is 10.1. The number of hydrogen-bond donors (Lipinski definition) is 2. The van der Waals surface area contributed by atoms with Crippen LogP contribution in [0.2, 0.25) is 0 Å². The van der Waals surface area contributed by atoms with Crippen LogP contribution in [0, 0.1) is 0 Å². The lowest BCUT2D eigenvalue weighted by molar-refractivity contribution is -0.118. The number of hydrogen-bond acceptors (Lipinski definition) is 6. The lowest BCUT2D eigenvalue weighted by Crippen LogP contribution is -2.28. The van der Waals surface area contributed by atoms with Crippen LogP contribution in [0.4, 0.5) is 11.6 Å². The Bertz CT molecular complexity index is 768. The van der Waals surface area contributed by atoms with Gasteiger partial charge < -0.3 is 20.3 Å². The normalized spacial score (nSPS) is 19.9. The molecule has 156 valence electrons. The summed E-state index contributed by atoms with van der Waals surface area (Å²) in [5.74, 6) is 1.43. The third-order valence-electron chi connectivity index (χ3n) is 5.17. The highest BCUT2D eigenvalue weighted by atomic mass is 16.5. The van der Waals surface area contributed by atoms with Crippen molar-refractivity contribution in [2.24, 2.45) is 0 Å². The number of carbonyl (C=O) groups excluding carboxylic acids is 1. The van der Waals surface area contributed by atoms with Crippen molar-refractivity contribution in [3.8, 4) is 0 Å². The van der Waals surface area contributed by atoms with Crippen LogP contribution in [0.1, 0.15) is 46.0 Å². The van der Waals surface area contributed by atoms with E-state index in [2.05, 4.69) is 32.1 Å². The molecule has 1 amide bonds. The third kappa shape index (κ3) is 6.34. The fourth-order valence-corrected chi connectivity index (χ4v) is 3.37. The van der Waals surface area contributed by atoms with Gasteiger partial charge in [-0.25, -0.2) is 9.97 Å². The first-order chi connectivity index (χ1) is 14.0. The molecule has 2 heterocycles. The summed E-state index contributed by atoms with van der Waals surface area (Å²) in [5.41, 5.74) is 1.70. The van der Waals surface area contributed by atoms with Gasteiger partial charge in [0.1, 0.15) is 11.9 Å². The molecule has 1 atom stereocenters. The minimum absolute atomic E-state index is 0.104. The highest BCUT2D eigenvalue weighted by molar-refractivity contribution is 5.74. The highest BCUT2D eigenvalue weighted by Gasteiger charge is 2.25. The van der Waals surface area contributed by atoms with Crippen LogP contribution in [-0.4, -0.2) is 41.1 Å². The molecule has 0 bridgehead atoms. The molecule has 1 aliphatic heterocycles. The molecule has 1 saturated carbocycles. The molecule has 7 nitrogen and oxygen atoms in total. The van der Waals surface area contributed by atoms with Crippen LogP contribution in [-0.2, 0) is 9.53 Å². The summed E-state index contributed by atoms with van der Waals surface area (Å²) in [7, 11) is 0. The van der Waals surface area contributed by atoms with Crippen molar-refractivity contribution in [2.45, 2.75) is 58.1 Å². The van der Waals surface area contributed by atoms with Gasteiger partial charge in [-0.05, 0) is 38.3 Å². The standard InChI is InChI=1S/C22H31N5O2/c1-4-20(10-5-7-16(2)25-17(3)28)29-21-11-12-27(15-21)19-13-23-22(24-14-19)26-18-8-6-9-18/h4-5,10,13-14,18,21H,2,6-9,11-12,15H2,1,3H3,(H,25,28)(H,23,24,26)/b10-5-,20-4+/t21-/m1/s1. The van der Waals surface area contributed by atoms with E-state index >= 15 is 0 Å². The number of ether oxygens (including phenoxy) is 1. The van der Waals surface area contributed by atoms with Crippen LogP contribution in [0.5, 0.6) is 0 Å². The van der Waals surface area contributed by atoms with Crippen molar-refractivity contribution >= 4 is 17.5 Å². The second-order valence-corrected chi connectivity index (χ2v) is 7.59. The molecule has 2 N–H and O–H groups in total. The predicted molar refractivity (Wildman–Crippen MR) is 115 cm³/mol. The molecular weight excluding hydrogens is 366 g/mol. The number of carbonyl (C=O) groups is 1. The maximum atomic E-state index is 11.0. The summed E-state index contributed by atoms with van der Waals surface area (Å²) in [5, 5.41) is 6.05. The molecule has 2 fully saturated rings. The van der Waals surface area contributed by atoms with E-state index in [9.17, 15) is 4.79 Å². The Labute approximate surface area is 172 Å². The Morgan fingerprint density at radius 1 is 1.34 bits per heavy atom. The number of rotatable bonds is 9. The molecule has 1 aliphatic carbocycles. The fraction of sp³-hybridized carbons (Fsp3) is 0.500.